The number of aryl methyl sites for hydroxylation is 2. The Kier molecular flexibility index (Phi) is 2.44. The summed E-state index contributed by atoms with van der Waals surface area (Å²) in [5, 5.41) is 0. The monoisotopic (exact) mass is 191 g/mol. The average Bonchev–Trinajstić information content (AvgIpc) is 2.73. The second kappa shape index (κ2) is 3.60. The Morgan fingerprint density at radius 1 is 1.36 bits per heavy atom. The molecule has 0 aromatic carbocycles. The van der Waals surface area contributed by atoms with E-state index in [9.17, 15) is 4.79 Å². The summed E-state index contributed by atoms with van der Waals surface area (Å²) < 4.78 is 0. The normalized spacial score (nSPS) is 17.6. The molecule has 1 saturated carbocycles. The fourth-order valence-corrected chi connectivity index (χ4v) is 2.39. The smallest absolute Gasteiger partial charge is 0.167 e. The molecule has 1 aliphatic carbocycles. The van der Waals surface area contributed by atoms with Gasteiger partial charge in [0.05, 0.1) is 0 Å². The minimum Gasteiger partial charge on any atom is -0.362 e. The maximum atomic E-state index is 12.1. The summed E-state index contributed by atoms with van der Waals surface area (Å²) in [5.41, 5.74) is 3.03. The number of ketones is 1. The lowest BCUT2D eigenvalue weighted by Gasteiger charge is -2.06. The molecule has 0 radical (unpaired) electrons. The summed E-state index contributed by atoms with van der Waals surface area (Å²) in [7, 11) is 0. The van der Waals surface area contributed by atoms with Crippen LogP contribution < -0.4 is 0 Å². The van der Waals surface area contributed by atoms with Gasteiger partial charge < -0.3 is 4.98 Å². The summed E-state index contributed by atoms with van der Waals surface area (Å²) >= 11 is 0. The van der Waals surface area contributed by atoms with Gasteiger partial charge in [-0.2, -0.15) is 0 Å². The number of carbonyl (C=O) groups is 1. The molecule has 0 amide bonds. The fourth-order valence-electron chi connectivity index (χ4n) is 2.39. The van der Waals surface area contributed by atoms with Crippen LogP contribution in [0.3, 0.4) is 0 Å². The van der Waals surface area contributed by atoms with Crippen molar-refractivity contribution in [2.45, 2.75) is 39.5 Å². The van der Waals surface area contributed by atoms with Gasteiger partial charge in [0.1, 0.15) is 0 Å². The van der Waals surface area contributed by atoms with E-state index in [2.05, 4.69) is 4.98 Å². The molecular formula is C12H17NO. The summed E-state index contributed by atoms with van der Waals surface area (Å²) in [6, 6.07) is 1.98. The third-order valence-corrected chi connectivity index (χ3v) is 3.14. The third-order valence-electron chi connectivity index (χ3n) is 3.14. The molecule has 0 atom stereocenters. The van der Waals surface area contributed by atoms with Crippen molar-refractivity contribution in [2.24, 2.45) is 5.92 Å². The van der Waals surface area contributed by atoms with E-state index in [4.69, 9.17) is 0 Å². The average molecular weight is 191 g/mol. The molecule has 1 heterocycles. The highest BCUT2D eigenvalue weighted by Gasteiger charge is 2.25. The number of carbonyl (C=O) groups excluding carboxylic acids is 1. The molecule has 0 saturated heterocycles. The zero-order valence-corrected chi connectivity index (χ0v) is 8.89. The van der Waals surface area contributed by atoms with Crippen LogP contribution in [0.4, 0.5) is 0 Å². The molecule has 1 aromatic rings. The van der Waals surface area contributed by atoms with Crippen LogP contribution in [0.5, 0.6) is 0 Å². The van der Waals surface area contributed by atoms with Crippen LogP contribution in [-0.4, -0.2) is 10.8 Å². The van der Waals surface area contributed by atoms with E-state index in [1.807, 2.05) is 19.9 Å². The molecule has 1 N–H and O–H groups in total. The standard InChI is InChI=1S/C12H17NO/c1-8-7-11(9(2)13-8)12(14)10-5-3-4-6-10/h7,10,13H,3-6H2,1-2H3. The predicted octanol–water partition coefficient (Wildman–Crippen LogP) is 3.00. The molecule has 0 unspecified atom stereocenters. The Hall–Kier alpha value is -1.05. The highest BCUT2D eigenvalue weighted by atomic mass is 16.1. The first-order valence-electron chi connectivity index (χ1n) is 5.39. The molecule has 1 aliphatic rings. The lowest BCUT2D eigenvalue weighted by Crippen LogP contribution is -2.11. The van der Waals surface area contributed by atoms with Crippen LogP contribution in [0.15, 0.2) is 6.07 Å². The molecule has 2 nitrogen and oxygen atoms in total. The first-order chi connectivity index (χ1) is 6.68. The molecule has 1 aromatic heterocycles. The highest BCUT2D eigenvalue weighted by Crippen LogP contribution is 2.29. The van der Waals surface area contributed by atoms with E-state index in [1.54, 1.807) is 0 Å². The van der Waals surface area contributed by atoms with E-state index >= 15 is 0 Å². The van der Waals surface area contributed by atoms with Crippen molar-refractivity contribution in [1.82, 2.24) is 4.98 Å². The maximum absolute atomic E-state index is 12.1. The summed E-state index contributed by atoms with van der Waals surface area (Å²) in [6.45, 7) is 3.98. The zero-order chi connectivity index (χ0) is 10.1. The van der Waals surface area contributed by atoms with Crippen molar-refractivity contribution < 1.29 is 4.79 Å². The predicted molar refractivity (Wildman–Crippen MR) is 56.6 cm³/mol. The topological polar surface area (TPSA) is 32.9 Å². The summed E-state index contributed by atoms with van der Waals surface area (Å²) in [6.07, 6.45) is 4.61. The molecule has 1 fully saturated rings. The van der Waals surface area contributed by atoms with Crippen molar-refractivity contribution in [2.75, 3.05) is 0 Å². The molecular weight excluding hydrogens is 174 g/mol. The number of hydrogen-bond donors (Lipinski definition) is 1. The van der Waals surface area contributed by atoms with E-state index in [0.717, 1.165) is 29.8 Å². The minimum atomic E-state index is 0.295. The number of aromatic amines is 1. The SMILES string of the molecule is Cc1cc(C(=O)C2CCCC2)c(C)[nH]1. The number of hydrogen-bond acceptors (Lipinski definition) is 1. The van der Waals surface area contributed by atoms with E-state index in [1.165, 1.54) is 12.8 Å². The van der Waals surface area contributed by atoms with Gasteiger partial charge in [0, 0.05) is 22.9 Å². The van der Waals surface area contributed by atoms with Crippen LogP contribution in [0, 0.1) is 19.8 Å². The van der Waals surface area contributed by atoms with E-state index < -0.39 is 0 Å². The van der Waals surface area contributed by atoms with Crippen LogP contribution in [0.25, 0.3) is 0 Å². The first-order valence-corrected chi connectivity index (χ1v) is 5.39. The second-order valence-electron chi connectivity index (χ2n) is 4.34. The number of H-pyrrole nitrogens is 1. The number of rotatable bonds is 2. The van der Waals surface area contributed by atoms with Crippen molar-refractivity contribution in [3.63, 3.8) is 0 Å². The van der Waals surface area contributed by atoms with E-state index in [-0.39, 0.29) is 0 Å². The van der Waals surface area contributed by atoms with Crippen molar-refractivity contribution in [1.29, 1.82) is 0 Å². The molecule has 76 valence electrons. The Morgan fingerprint density at radius 3 is 2.50 bits per heavy atom. The van der Waals surface area contributed by atoms with Gasteiger partial charge in [-0.15, -0.1) is 0 Å². The Balaban J connectivity index is 2.21. The quantitative estimate of drug-likeness (QED) is 0.716. The van der Waals surface area contributed by atoms with Crippen molar-refractivity contribution in [3.8, 4) is 0 Å². The third kappa shape index (κ3) is 1.61. The van der Waals surface area contributed by atoms with Gasteiger partial charge >= 0.3 is 0 Å². The van der Waals surface area contributed by atoms with Gasteiger partial charge in [0.15, 0.2) is 5.78 Å². The molecule has 14 heavy (non-hydrogen) atoms. The highest BCUT2D eigenvalue weighted by molar-refractivity contribution is 5.99. The zero-order valence-electron chi connectivity index (χ0n) is 8.89. The molecule has 2 heteroatoms. The number of nitrogens with one attached hydrogen (secondary N) is 1. The van der Waals surface area contributed by atoms with Gasteiger partial charge in [-0.3, -0.25) is 4.79 Å². The molecule has 0 bridgehead atoms. The van der Waals surface area contributed by atoms with Crippen LogP contribution in [0.1, 0.15) is 47.4 Å². The van der Waals surface area contributed by atoms with Crippen LogP contribution in [-0.2, 0) is 0 Å². The minimum absolute atomic E-state index is 0.295. The molecule has 0 spiro atoms. The summed E-state index contributed by atoms with van der Waals surface area (Å²) in [5.74, 6) is 0.647. The van der Waals surface area contributed by atoms with Gasteiger partial charge in [-0.1, -0.05) is 12.8 Å². The van der Waals surface area contributed by atoms with Crippen LogP contribution in [0.2, 0.25) is 0 Å². The van der Waals surface area contributed by atoms with E-state index in [0.29, 0.717) is 11.7 Å². The summed E-state index contributed by atoms with van der Waals surface area (Å²) in [4.78, 5) is 15.3. The Bertz CT molecular complexity index is 345. The number of Topliss-reactive ketones (excluding diaryl/α,β-unsaturated/α-hetero) is 1. The van der Waals surface area contributed by atoms with Crippen molar-refractivity contribution >= 4 is 5.78 Å². The molecule has 2 rings (SSSR count). The largest absolute Gasteiger partial charge is 0.362 e. The lowest BCUT2D eigenvalue weighted by molar-refractivity contribution is 0.0922. The number of aromatic nitrogens is 1. The van der Waals surface area contributed by atoms with Gasteiger partial charge in [0.2, 0.25) is 0 Å². The van der Waals surface area contributed by atoms with Gasteiger partial charge in [-0.05, 0) is 32.8 Å². The second-order valence-corrected chi connectivity index (χ2v) is 4.34. The lowest BCUT2D eigenvalue weighted by atomic mass is 9.96. The first kappa shape index (κ1) is 9.50. The Morgan fingerprint density at radius 2 is 2.00 bits per heavy atom. The van der Waals surface area contributed by atoms with Gasteiger partial charge in [-0.25, -0.2) is 0 Å². The maximum Gasteiger partial charge on any atom is 0.167 e. The molecule has 0 aliphatic heterocycles. The van der Waals surface area contributed by atoms with Gasteiger partial charge in [0.25, 0.3) is 0 Å². The van der Waals surface area contributed by atoms with Crippen molar-refractivity contribution in [3.05, 3.63) is 23.0 Å². The Labute approximate surface area is 84.7 Å². The fraction of sp³-hybridized carbons (Fsp3) is 0.583. The van der Waals surface area contributed by atoms with Crippen LogP contribution >= 0.6 is 0 Å².